The lowest BCUT2D eigenvalue weighted by Gasteiger charge is -2.22. The molecule has 0 radical (unpaired) electrons. The van der Waals surface area contributed by atoms with Crippen molar-refractivity contribution in [3.63, 3.8) is 0 Å². The van der Waals surface area contributed by atoms with E-state index in [0.29, 0.717) is 5.75 Å². The average Bonchev–Trinajstić information content (AvgIpc) is 2.88. The first-order chi connectivity index (χ1) is 13.1. The molecule has 3 rings (SSSR count). The van der Waals surface area contributed by atoms with Gasteiger partial charge < -0.3 is 14.9 Å². The number of aromatic nitrogens is 2. The summed E-state index contributed by atoms with van der Waals surface area (Å²) < 4.78 is 1.88. The Morgan fingerprint density at radius 3 is 2.63 bits per heavy atom. The van der Waals surface area contributed by atoms with Crippen LogP contribution in [-0.4, -0.2) is 63.3 Å². The van der Waals surface area contributed by atoms with Crippen molar-refractivity contribution in [3.8, 4) is 5.75 Å². The Kier molecular flexibility index (Phi) is 6.50. The number of amides is 1. The molecule has 0 saturated carbocycles. The van der Waals surface area contributed by atoms with E-state index in [2.05, 4.69) is 16.9 Å². The smallest absolute Gasteiger partial charge is 0.257 e. The molecule has 2 heterocycles. The highest BCUT2D eigenvalue weighted by Crippen LogP contribution is 2.14. The maximum atomic E-state index is 12.9. The Morgan fingerprint density at radius 1 is 1.11 bits per heavy atom. The molecule has 0 atom stereocenters. The fourth-order valence-corrected chi connectivity index (χ4v) is 3.59. The Hall–Kier alpha value is -2.34. The van der Waals surface area contributed by atoms with Crippen LogP contribution < -0.4 is 0 Å². The molecule has 1 aliphatic rings. The topological polar surface area (TPSA) is 61.6 Å². The monoisotopic (exact) mass is 370 g/mol. The number of benzene rings is 1. The zero-order valence-corrected chi connectivity index (χ0v) is 16.4. The number of phenols is 1. The highest BCUT2D eigenvalue weighted by molar-refractivity contribution is 5.95. The zero-order valence-electron chi connectivity index (χ0n) is 16.4. The standard InChI is InChI=1S/C21H30N4O2/c1-3-10-25-16-20(17(2)22-25)21(27)24-12-4-11-23(14-15-24)13-9-18-5-7-19(26)8-6-18/h5-8,16,26H,3-4,9-15H2,1-2H3. The van der Waals surface area contributed by atoms with Gasteiger partial charge in [-0.3, -0.25) is 9.48 Å². The summed E-state index contributed by atoms with van der Waals surface area (Å²) in [6.07, 6.45) is 4.85. The molecular formula is C21H30N4O2. The van der Waals surface area contributed by atoms with Crippen LogP contribution in [0, 0.1) is 6.92 Å². The molecule has 0 unspecified atom stereocenters. The molecule has 6 nitrogen and oxygen atoms in total. The molecule has 1 fully saturated rings. The molecule has 1 aromatic heterocycles. The number of hydrogen-bond acceptors (Lipinski definition) is 4. The molecule has 27 heavy (non-hydrogen) atoms. The van der Waals surface area contributed by atoms with Crippen LogP contribution in [0.2, 0.25) is 0 Å². The van der Waals surface area contributed by atoms with E-state index in [-0.39, 0.29) is 5.91 Å². The van der Waals surface area contributed by atoms with Gasteiger partial charge in [-0.1, -0.05) is 19.1 Å². The van der Waals surface area contributed by atoms with Crippen LogP contribution in [0.25, 0.3) is 0 Å². The molecule has 2 aromatic rings. The second kappa shape index (κ2) is 9.04. The van der Waals surface area contributed by atoms with Crippen LogP contribution in [0.4, 0.5) is 0 Å². The summed E-state index contributed by atoms with van der Waals surface area (Å²) in [5.41, 5.74) is 2.78. The minimum atomic E-state index is 0.107. The van der Waals surface area contributed by atoms with E-state index in [9.17, 15) is 9.90 Å². The number of carbonyl (C=O) groups is 1. The quantitative estimate of drug-likeness (QED) is 0.849. The first-order valence-electron chi connectivity index (χ1n) is 9.90. The number of hydrogen-bond donors (Lipinski definition) is 1. The first-order valence-corrected chi connectivity index (χ1v) is 9.90. The van der Waals surface area contributed by atoms with Crippen molar-refractivity contribution >= 4 is 5.91 Å². The van der Waals surface area contributed by atoms with Crippen molar-refractivity contribution in [2.24, 2.45) is 0 Å². The van der Waals surface area contributed by atoms with Crippen molar-refractivity contribution in [1.82, 2.24) is 19.6 Å². The summed E-state index contributed by atoms with van der Waals surface area (Å²) in [4.78, 5) is 17.3. The SMILES string of the molecule is CCCn1cc(C(=O)N2CCCN(CCc3ccc(O)cc3)CC2)c(C)n1. The summed E-state index contributed by atoms with van der Waals surface area (Å²) in [7, 11) is 0. The average molecular weight is 370 g/mol. The maximum Gasteiger partial charge on any atom is 0.257 e. The predicted octanol–water partition coefficient (Wildman–Crippen LogP) is 2.70. The molecule has 146 valence electrons. The minimum absolute atomic E-state index is 0.107. The van der Waals surface area contributed by atoms with E-state index >= 15 is 0 Å². The highest BCUT2D eigenvalue weighted by atomic mass is 16.3. The molecule has 1 N–H and O–H groups in total. The second-order valence-electron chi connectivity index (χ2n) is 7.30. The molecular weight excluding hydrogens is 340 g/mol. The summed E-state index contributed by atoms with van der Waals surface area (Å²) >= 11 is 0. The molecule has 1 aliphatic heterocycles. The van der Waals surface area contributed by atoms with Gasteiger partial charge in [0, 0.05) is 38.9 Å². The van der Waals surface area contributed by atoms with Crippen LogP contribution in [0.1, 0.15) is 41.4 Å². The lowest BCUT2D eigenvalue weighted by Crippen LogP contribution is -2.35. The van der Waals surface area contributed by atoms with Crippen LogP contribution in [0.15, 0.2) is 30.5 Å². The van der Waals surface area contributed by atoms with E-state index in [1.54, 1.807) is 12.1 Å². The van der Waals surface area contributed by atoms with E-state index in [0.717, 1.165) is 69.8 Å². The number of aryl methyl sites for hydroxylation is 2. The molecule has 6 heteroatoms. The van der Waals surface area contributed by atoms with Crippen LogP contribution in [-0.2, 0) is 13.0 Å². The Bertz CT molecular complexity index is 754. The number of phenolic OH excluding ortho intramolecular Hbond substituents is 1. The van der Waals surface area contributed by atoms with Gasteiger partial charge >= 0.3 is 0 Å². The van der Waals surface area contributed by atoms with Gasteiger partial charge in [0.1, 0.15) is 5.75 Å². The number of carbonyl (C=O) groups excluding carboxylic acids is 1. The van der Waals surface area contributed by atoms with E-state index in [4.69, 9.17) is 0 Å². The van der Waals surface area contributed by atoms with Gasteiger partial charge in [-0.25, -0.2) is 0 Å². The molecule has 1 saturated heterocycles. The number of nitrogens with zero attached hydrogens (tertiary/aromatic N) is 4. The van der Waals surface area contributed by atoms with Crippen LogP contribution in [0.3, 0.4) is 0 Å². The fraction of sp³-hybridized carbons (Fsp3) is 0.524. The normalized spacial score (nSPS) is 15.7. The fourth-order valence-electron chi connectivity index (χ4n) is 3.59. The van der Waals surface area contributed by atoms with E-state index < -0.39 is 0 Å². The molecule has 0 bridgehead atoms. The van der Waals surface area contributed by atoms with E-state index in [1.807, 2.05) is 34.8 Å². The zero-order chi connectivity index (χ0) is 19.2. The van der Waals surface area contributed by atoms with Crippen molar-refractivity contribution in [1.29, 1.82) is 0 Å². The molecule has 1 amide bonds. The van der Waals surface area contributed by atoms with Gasteiger partial charge in [-0.15, -0.1) is 0 Å². The van der Waals surface area contributed by atoms with Gasteiger partial charge in [-0.05, 0) is 50.4 Å². The predicted molar refractivity (Wildman–Crippen MR) is 106 cm³/mol. The van der Waals surface area contributed by atoms with Crippen molar-refractivity contribution in [2.45, 2.75) is 39.7 Å². The number of aromatic hydroxyl groups is 1. The largest absolute Gasteiger partial charge is 0.508 e. The third-order valence-electron chi connectivity index (χ3n) is 5.16. The highest BCUT2D eigenvalue weighted by Gasteiger charge is 2.23. The summed E-state index contributed by atoms with van der Waals surface area (Å²) in [5, 5.41) is 13.8. The van der Waals surface area contributed by atoms with E-state index in [1.165, 1.54) is 5.56 Å². The van der Waals surface area contributed by atoms with Crippen molar-refractivity contribution in [2.75, 3.05) is 32.7 Å². The van der Waals surface area contributed by atoms with Gasteiger partial charge in [0.15, 0.2) is 0 Å². The van der Waals surface area contributed by atoms with Crippen LogP contribution >= 0.6 is 0 Å². The second-order valence-corrected chi connectivity index (χ2v) is 7.30. The lowest BCUT2D eigenvalue weighted by atomic mass is 10.1. The summed E-state index contributed by atoms with van der Waals surface area (Å²) in [5.74, 6) is 0.412. The summed E-state index contributed by atoms with van der Waals surface area (Å²) in [6.45, 7) is 9.31. The molecule has 0 spiro atoms. The third kappa shape index (κ3) is 5.10. The Labute approximate surface area is 161 Å². The molecule has 1 aromatic carbocycles. The first kappa shape index (κ1) is 19.4. The van der Waals surface area contributed by atoms with Crippen molar-refractivity contribution in [3.05, 3.63) is 47.3 Å². The maximum absolute atomic E-state index is 12.9. The Balaban J connectivity index is 1.54. The number of rotatable bonds is 6. The summed E-state index contributed by atoms with van der Waals surface area (Å²) in [6, 6.07) is 7.41. The minimum Gasteiger partial charge on any atom is -0.508 e. The molecule has 0 aliphatic carbocycles. The van der Waals surface area contributed by atoms with Gasteiger partial charge in [0.25, 0.3) is 5.91 Å². The van der Waals surface area contributed by atoms with Crippen LogP contribution in [0.5, 0.6) is 5.75 Å². The lowest BCUT2D eigenvalue weighted by molar-refractivity contribution is 0.0760. The van der Waals surface area contributed by atoms with Crippen molar-refractivity contribution < 1.29 is 9.90 Å². The van der Waals surface area contributed by atoms with Gasteiger partial charge in [0.2, 0.25) is 0 Å². The van der Waals surface area contributed by atoms with Gasteiger partial charge in [0.05, 0.1) is 11.3 Å². The van der Waals surface area contributed by atoms with Gasteiger partial charge in [-0.2, -0.15) is 5.10 Å². The third-order valence-corrected chi connectivity index (χ3v) is 5.16. The Morgan fingerprint density at radius 2 is 1.89 bits per heavy atom.